The van der Waals surface area contributed by atoms with Gasteiger partial charge in [-0.3, -0.25) is 9.36 Å². The summed E-state index contributed by atoms with van der Waals surface area (Å²) in [7, 11) is 0. The van der Waals surface area contributed by atoms with Crippen LogP contribution < -0.4 is 5.56 Å². The molecule has 6 heteroatoms. The van der Waals surface area contributed by atoms with Crippen molar-refractivity contribution in [2.24, 2.45) is 5.92 Å². The number of nitrogens with zero attached hydrogens (tertiary/aromatic N) is 4. The van der Waals surface area contributed by atoms with Gasteiger partial charge < -0.3 is 0 Å². The van der Waals surface area contributed by atoms with Gasteiger partial charge in [-0.15, -0.1) is 0 Å². The van der Waals surface area contributed by atoms with Crippen LogP contribution in [0.1, 0.15) is 24.0 Å². The molecule has 0 radical (unpaired) electrons. The topological polar surface area (TPSA) is 82.5 Å². The number of aryl methyl sites for hydroxylation is 2. The Labute approximate surface area is 168 Å². The van der Waals surface area contributed by atoms with E-state index < -0.39 is 0 Å². The summed E-state index contributed by atoms with van der Waals surface area (Å²) >= 11 is 1.39. The molecule has 0 fully saturated rings. The lowest BCUT2D eigenvalue weighted by Gasteiger charge is -2.16. The fourth-order valence-corrected chi connectivity index (χ4v) is 4.14. The molecular formula is C22H20N4OS. The smallest absolute Gasteiger partial charge is 0.266 e. The van der Waals surface area contributed by atoms with Gasteiger partial charge in [0.2, 0.25) is 0 Å². The molecule has 140 valence electrons. The first kappa shape index (κ1) is 19.7. The highest BCUT2D eigenvalue weighted by molar-refractivity contribution is 7.99. The molecule has 28 heavy (non-hydrogen) atoms. The molecule has 0 aliphatic carbocycles. The van der Waals surface area contributed by atoms with E-state index in [1.165, 1.54) is 11.8 Å². The number of nitriles is 2. The molecule has 1 heterocycles. The number of para-hydroxylation sites is 1. The highest BCUT2D eigenvalue weighted by Crippen LogP contribution is 2.26. The number of hydrogen-bond acceptors (Lipinski definition) is 5. The van der Waals surface area contributed by atoms with Crippen LogP contribution in [0.5, 0.6) is 0 Å². The second-order valence-corrected chi connectivity index (χ2v) is 7.66. The average molecular weight is 388 g/mol. The predicted molar refractivity (Wildman–Crippen MR) is 111 cm³/mol. The van der Waals surface area contributed by atoms with Crippen LogP contribution in [0.3, 0.4) is 0 Å². The Kier molecular flexibility index (Phi) is 6.13. The largest absolute Gasteiger partial charge is 0.268 e. The van der Waals surface area contributed by atoms with Crippen LogP contribution in [0, 0.1) is 42.4 Å². The Bertz CT molecular complexity index is 1150. The molecule has 0 saturated carbocycles. The van der Waals surface area contributed by atoms with Crippen molar-refractivity contribution in [1.82, 2.24) is 9.55 Å². The Balaban J connectivity index is 2.11. The van der Waals surface area contributed by atoms with Gasteiger partial charge in [-0.25, -0.2) is 4.98 Å². The van der Waals surface area contributed by atoms with Gasteiger partial charge in [0.25, 0.3) is 5.56 Å². The average Bonchev–Trinajstić information content (AvgIpc) is 2.69. The summed E-state index contributed by atoms with van der Waals surface area (Å²) in [5.41, 5.74) is 3.43. The molecule has 0 unspecified atom stereocenters. The van der Waals surface area contributed by atoms with E-state index in [-0.39, 0.29) is 11.5 Å². The summed E-state index contributed by atoms with van der Waals surface area (Å²) < 4.78 is 1.64. The van der Waals surface area contributed by atoms with Crippen LogP contribution in [0.15, 0.2) is 52.4 Å². The number of benzene rings is 2. The number of rotatable bonds is 6. The van der Waals surface area contributed by atoms with Crippen molar-refractivity contribution in [2.45, 2.75) is 31.8 Å². The Morgan fingerprint density at radius 1 is 1.18 bits per heavy atom. The molecule has 1 atom stereocenters. The maximum Gasteiger partial charge on any atom is 0.266 e. The van der Waals surface area contributed by atoms with Gasteiger partial charge in [0.15, 0.2) is 5.16 Å². The lowest BCUT2D eigenvalue weighted by atomic mass is 10.1. The van der Waals surface area contributed by atoms with E-state index >= 15 is 0 Å². The van der Waals surface area contributed by atoms with E-state index in [0.29, 0.717) is 34.7 Å². The molecule has 1 aromatic heterocycles. The zero-order valence-corrected chi connectivity index (χ0v) is 16.7. The van der Waals surface area contributed by atoms with Gasteiger partial charge in [-0.05, 0) is 44.0 Å². The van der Waals surface area contributed by atoms with Gasteiger partial charge in [0.05, 0.1) is 34.6 Å². The van der Waals surface area contributed by atoms with E-state index in [9.17, 15) is 10.1 Å². The third-order valence-electron chi connectivity index (χ3n) is 4.54. The Morgan fingerprint density at radius 3 is 2.68 bits per heavy atom. The minimum absolute atomic E-state index is 0.120. The van der Waals surface area contributed by atoms with Crippen LogP contribution >= 0.6 is 11.8 Å². The summed E-state index contributed by atoms with van der Waals surface area (Å²) in [6, 6.07) is 17.6. The fourth-order valence-electron chi connectivity index (χ4n) is 3.08. The number of aromatic nitrogens is 2. The van der Waals surface area contributed by atoms with Crippen molar-refractivity contribution in [3.63, 3.8) is 0 Å². The summed E-state index contributed by atoms with van der Waals surface area (Å²) in [4.78, 5) is 18.0. The molecule has 0 bridgehead atoms. The molecule has 0 aliphatic heterocycles. The predicted octanol–water partition coefficient (Wildman–Crippen LogP) is 4.54. The third kappa shape index (κ3) is 4.08. The molecular weight excluding hydrogens is 368 g/mol. The zero-order chi connectivity index (χ0) is 20.1. The van der Waals surface area contributed by atoms with Gasteiger partial charge in [0, 0.05) is 12.2 Å². The van der Waals surface area contributed by atoms with Crippen molar-refractivity contribution in [3.05, 3.63) is 63.9 Å². The van der Waals surface area contributed by atoms with Crippen LogP contribution in [0.25, 0.3) is 16.6 Å². The van der Waals surface area contributed by atoms with Crippen LogP contribution in [-0.4, -0.2) is 15.3 Å². The van der Waals surface area contributed by atoms with E-state index in [1.54, 1.807) is 10.6 Å². The van der Waals surface area contributed by atoms with E-state index in [4.69, 9.17) is 10.2 Å². The molecule has 0 spiro atoms. The zero-order valence-electron chi connectivity index (χ0n) is 15.8. The summed E-state index contributed by atoms with van der Waals surface area (Å²) in [5.74, 6) is 0.217. The first-order chi connectivity index (χ1) is 13.5. The SMILES string of the molecule is Cc1ccc(-n2c(SC[C@H](C#N)CCC#N)nc3ccccc3c2=O)c(C)c1. The molecule has 3 aromatic rings. The first-order valence-electron chi connectivity index (χ1n) is 9.04. The Hall–Kier alpha value is -3.09. The monoisotopic (exact) mass is 388 g/mol. The first-order valence-corrected chi connectivity index (χ1v) is 10.0. The lowest BCUT2D eigenvalue weighted by Crippen LogP contribution is -2.23. The minimum Gasteiger partial charge on any atom is -0.268 e. The second kappa shape index (κ2) is 8.73. The molecule has 5 nitrogen and oxygen atoms in total. The number of thioether (sulfide) groups is 1. The second-order valence-electron chi connectivity index (χ2n) is 6.68. The van der Waals surface area contributed by atoms with Crippen molar-refractivity contribution in [1.29, 1.82) is 10.5 Å². The van der Waals surface area contributed by atoms with Crippen molar-refractivity contribution in [2.75, 3.05) is 5.75 Å². The normalized spacial score (nSPS) is 11.7. The fraction of sp³-hybridized carbons (Fsp3) is 0.273. The molecule has 2 aromatic carbocycles. The van der Waals surface area contributed by atoms with Crippen LogP contribution in [0.4, 0.5) is 0 Å². The maximum atomic E-state index is 13.3. The lowest BCUT2D eigenvalue weighted by molar-refractivity contribution is 0.682. The third-order valence-corrected chi connectivity index (χ3v) is 5.64. The van der Waals surface area contributed by atoms with Gasteiger partial charge in [-0.1, -0.05) is 41.6 Å². The summed E-state index contributed by atoms with van der Waals surface area (Å²) in [6.45, 7) is 3.99. The highest BCUT2D eigenvalue weighted by Gasteiger charge is 2.17. The van der Waals surface area contributed by atoms with Crippen LogP contribution in [-0.2, 0) is 0 Å². The van der Waals surface area contributed by atoms with Gasteiger partial charge in [-0.2, -0.15) is 10.5 Å². The van der Waals surface area contributed by atoms with Crippen LogP contribution in [0.2, 0.25) is 0 Å². The summed E-state index contributed by atoms with van der Waals surface area (Å²) in [6.07, 6.45) is 0.856. The van der Waals surface area contributed by atoms with Crippen molar-refractivity contribution >= 4 is 22.7 Å². The molecule has 0 N–H and O–H groups in total. The maximum absolute atomic E-state index is 13.3. The standard InChI is InChI=1S/C22H20N4OS/c1-15-9-10-20(16(2)12-15)26-21(27)18-7-3-4-8-19(18)25-22(26)28-14-17(13-24)6-5-11-23/h3-4,7-10,12,17H,5-6,14H2,1-2H3/t17-/m0/s1. The number of fused-ring (bicyclic) bond motifs is 1. The van der Waals surface area contributed by atoms with Crippen molar-refractivity contribution < 1.29 is 0 Å². The molecule has 0 amide bonds. The van der Waals surface area contributed by atoms with E-state index in [1.807, 2.05) is 50.2 Å². The quantitative estimate of drug-likeness (QED) is 0.457. The van der Waals surface area contributed by atoms with E-state index in [0.717, 1.165) is 16.8 Å². The molecule has 0 saturated heterocycles. The number of hydrogen-bond donors (Lipinski definition) is 0. The van der Waals surface area contributed by atoms with Gasteiger partial charge >= 0.3 is 0 Å². The highest BCUT2D eigenvalue weighted by atomic mass is 32.2. The van der Waals surface area contributed by atoms with E-state index in [2.05, 4.69) is 12.1 Å². The molecule has 3 rings (SSSR count). The van der Waals surface area contributed by atoms with Gasteiger partial charge in [0.1, 0.15) is 0 Å². The minimum atomic E-state index is -0.263. The van der Waals surface area contributed by atoms with Crippen molar-refractivity contribution in [3.8, 4) is 17.8 Å². The molecule has 0 aliphatic rings. The summed E-state index contributed by atoms with van der Waals surface area (Å²) in [5, 5.41) is 19.3. The Morgan fingerprint density at radius 2 is 1.96 bits per heavy atom.